The summed E-state index contributed by atoms with van der Waals surface area (Å²) in [7, 11) is 1.84. The summed E-state index contributed by atoms with van der Waals surface area (Å²) in [6.45, 7) is 2.10. The standard InChI is InChI=1S/C18H20ClN5OS.ClH/c1-24-18(21-22-23-24)26-10-9-20-12-14-5-4-7-16(11-14)25-13-15-6-2-3-8-17(15)19;/h2-8,11,20H,9-10,12-13H2,1H3;1H. The first-order chi connectivity index (χ1) is 12.7. The lowest BCUT2D eigenvalue weighted by molar-refractivity contribution is 0.306. The Bertz CT molecular complexity index is 846. The average molecular weight is 426 g/mol. The summed E-state index contributed by atoms with van der Waals surface area (Å²) < 4.78 is 7.53. The number of nitrogens with one attached hydrogen (secondary N) is 1. The van der Waals surface area contributed by atoms with E-state index in [0.717, 1.165) is 40.3 Å². The Kier molecular flexibility index (Phi) is 8.87. The number of nitrogens with zero attached hydrogens (tertiary/aromatic N) is 4. The molecule has 1 N–H and O–H groups in total. The van der Waals surface area contributed by atoms with Gasteiger partial charge in [0.25, 0.3) is 0 Å². The van der Waals surface area contributed by atoms with Crippen LogP contribution < -0.4 is 10.1 Å². The zero-order valence-corrected chi connectivity index (χ0v) is 17.2. The zero-order chi connectivity index (χ0) is 18.2. The summed E-state index contributed by atoms with van der Waals surface area (Å²) in [4.78, 5) is 0. The van der Waals surface area contributed by atoms with Gasteiger partial charge in [0, 0.05) is 36.5 Å². The molecule has 0 spiro atoms. The third-order valence-corrected chi connectivity index (χ3v) is 5.05. The van der Waals surface area contributed by atoms with Crippen molar-refractivity contribution in [1.29, 1.82) is 0 Å². The monoisotopic (exact) mass is 425 g/mol. The van der Waals surface area contributed by atoms with Crippen LogP contribution in [0.5, 0.6) is 5.75 Å². The molecule has 0 atom stereocenters. The highest BCUT2D eigenvalue weighted by atomic mass is 35.5. The van der Waals surface area contributed by atoms with E-state index in [4.69, 9.17) is 16.3 Å². The van der Waals surface area contributed by atoms with Gasteiger partial charge in [-0.15, -0.1) is 17.5 Å². The number of rotatable bonds is 9. The molecule has 9 heteroatoms. The van der Waals surface area contributed by atoms with Crippen molar-refractivity contribution in [1.82, 2.24) is 25.5 Å². The molecule has 0 saturated heterocycles. The largest absolute Gasteiger partial charge is 0.489 e. The minimum absolute atomic E-state index is 0. The molecular weight excluding hydrogens is 405 g/mol. The Morgan fingerprint density at radius 3 is 2.81 bits per heavy atom. The van der Waals surface area contributed by atoms with Gasteiger partial charge in [0.1, 0.15) is 12.4 Å². The number of aromatic nitrogens is 4. The van der Waals surface area contributed by atoms with E-state index in [-0.39, 0.29) is 12.4 Å². The molecule has 2 aromatic carbocycles. The summed E-state index contributed by atoms with van der Waals surface area (Å²) in [5.41, 5.74) is 2.15. The Labute approximate surface area is 174 Å². The molecule has 0 radical (unpaired) electrons. The molecule has 3 rings (SSSR count). The first kappa shape index (κ1) is 21.5. The Morgan fingerprint density at radius 1 is 1.19 bits per heavy atom. The van der Waals surface area contributed by atoms with E-state index < -0.39 is 0 Å². The van der Waals surface area contributed by atoms with Crippen molar-refractivity contribution in [3.05, 3.63) is 64.7 Å². The molecule has 144 valence electrons. The maximum absolute atomic E-state index is 6.16. The molecule has 0 unspecified atom stereocenters. The highest BCUT2D eigenvalue weighted by Crippen LogP contribution is 2.19. The Hall–Kier alpha value is -1.80. The van der Waals surface area contributed by atoms with Gasteiger partial charge >= 0.3 is 0 Å². The van der Waals surface area contributed by atoms with Crippen molar-refractivity contribution in [2.45, 2.75) is 18.3 Å². The second-order valence-corrected chi connectivity index (χ2v) is 7.11. The van der Waals surface area contributed by atoms with Crippen LogP contribution in [0.1, 0.15) is 11.1 Å². The molecule has 1 heterocycles. The number of hydrogen-bond donors (Lipinski definition) is 1. The number of ether oxygens (including phenoxy) is 1. The van der Waals surface area contributed by atoms with E-state index in [0.29, 0.717) is 6.61 Å². The van der Waals surface area contributed by atoms with Crippen LogP contribution in [0.15, 0.2) is 53.7 Å². The third-order valence-electron chi connectivity index (χ3n) is 3.67. The molecule has 0 saturated carbocycles. The fourth-order valence-corrected chi connectivity index (χ4v) is 3.25. The lowest BCUT2D eigenvalue weighted by Gasteiger charge is -2.10. The number of tetrazole rings is 1. The number of aryl methyl sites for hydroxylation is 1. The van der Waals surface area contributed by atoms with Gasteiger partial charge in [-0.1, -0.05) is 53.7 Å². The zero-order valence-electron chi connectivity index (χ0n) is 14.8. The van der Waals surface area contributed by atoms with Gasteiger partial charge in [0.05, 0.1) is 0 Å². The van der Waals surface area contributed by atoms with E-state index in [2.05, 4.69) is 26.9 Å². The molecule has 0 aliphatic rings. The van der Waals surface area contributed by atoms with E-state index in [1.54, 1.807) is 16.4 Å². The summed E-state index contributed by atoms with van der Waals surface area (Å²) in [6.07, 6.45) is 0. The Morgan fingerprint density at radius 2 is 2.04 bits per heavy atom. The van der Waals surface area contributed by atoms with Crippen molar-refractivity contribution >= 4 is 35.8 Å². The second-order valence-electron chi connectivity index (χ2n) is 5.64. The molecular formula is C18H21Cl2N5OS. The lowest BCUT2D eigenvalue weighted by Crippen LogP contribution is -2.16. The second kappa shape index (κ2) is 11.1. The van der Waals surface area contributed by atoms with Crippen LogP contribution in [0.25, 0.3) is 0 Å². The minimum atomic E-state index is 0. The minimum Gasteiger partial charge on any atom is -0.489 e. The normalized spacial score (nSPS) is 10.4. The first-order valence-corrected chi connectivity index (χ1v) is 9.60. The van der Waals surface area contributed by atoms with Crippen LogP contribution in [0.4, 0.5) is 0 Å². The predicted molar refractivity (Wildman–Crippen MR) is 111 cm³/mol. The van der Waals surface area contributed by atoms with Crippen molar-refractivity contribution < 1.29 is 4.74 Å². The fraction of sp³-hybridized carbons (Fsp3) is 0.278. The van der Waals surface area contributed by atoms with Crippen LogP contribution in [-0.4, -0.2) is 32.5 Å². The smallest absolute Gasteiger partial charge is 0.209 e. The quantitative estimate of drug-likeness (QED) is 0.415. The highest BCUT2D eigenvalue weighted by molar-refractivity contribution is 7.99. The summed E-state index contributed by atoms with van der Waals surface area (Å²) in [5, 5.41) is 16.3. The summed E-state index contributed by atoms with van der Waals surface area (Å²) >= 11 is 7.79. The molecule has 6 nitrogen and oxygen atoms in total. The van der Waals surface area contributed by atoms with Crippen LogP contribution >= 0.6 is 35.8 Å². The molecule has 0 bridgehead atoms. The SMILES string of the molecule is Cl.Cn1nnnc1SCCNCc1cccc(OCc2ccccc2Cl)c1. The molecule has 0 fully saturated rings. The van der Waals surface area contributed by atoms with Crippen LogP contribution in [-0.2, 0) is 20.2 Å². The molecule has 3 aromatic rings. The van der Waals surface area contributed by atoms with Crippen molar-refractivity contribution in [2.24, 2.45) is 7.05 Å². The maximum atomic E-state index is 6.16. The van der Waals surface area contributed by atoms with E-state index in [1.165, 1.54) is 5.56 Å². The third kappa shape index (κ3) is 6.70. The lowest BCUT2D eigenvalue weighted by atomic mass is 10.2. The van der Waals surface area contributed by atoms with Crippen molar-refractivity contribution in [2.75, 3.05) is 12.3 Å². The number of benzene rings is 2. The van der Waals surface area contributed by atoms with Crippen LogP contribution in [0.2, 0.25) is 5.02 Å². The molecule has 0 aliphatic heterocycles. The molecule has 1 aromatic heterocycles. The summed E-state index contributed by atoms with van der Waals surface area (Å²) in [5.74, 6) is 1.74. The van der Waals surface area contributed by atoms with Gasteiger partial charge in [0.2, 0.25) is 5.16 Å². The number of thioether (sulfide) groups is 1. The van der Waals surface area contributed by atoms with Gasteiger partial charge in [0.15, 0.2) is 0 Å². The predicted octanol–water partition coefficient (Wildman–Crippen LogP) is 3.75. The van der Waals surface area contributed by atoms with E-state index in [1.807, 2.05) is 49.5 Å². The van der Waals surface area contributed by atoms with Crippen LogP contribution in [0.3, 0.4) is 0 Å². The highest BCUT2D eigenvalue weighted by Gasteiger charge is 2.03. The number of halogens is 2. The topological polar surface area (TPSA) is 64.9 Å². The molecule has 0 aliphatic carbocycles. The first-order valence-electron chi connectivity index (χ1n) is 8.23. The van der Waals surface area contributed by atoms with Gasteiger partial charge in [-0.05, 0) is 34.2 Å². The van der Waals surface area contributed by atoms with Crippen LogP contribution in [0, 0.1) is 0 Å². The Balaban J connectivity index is 0.00000261. The van der Waals surface area contributed by atoms with Gasteiger partial charge in [-0.2, -0.15) is 0 Å². The number of hydrogen-bond acceptors (Lipinski definition) is 6. The van der Waals surface area contributed by atoms with Crippen molar-refractivity contribution in [3.63, 3.8) is 0 Å². The molecule has 27 heavy (non-hydrogen) atoms. The van der Waals surface area contributed by atoms with E-state index in [9.17, 15) is 0 Å². The summed E-state index contributed by atoms with van der Waals surface area (Å²) in [6, 6.07) is 15.8. The van der Waals surface area contributed by atoms with E-state index >= 15 is 0 Å². The van der Waals surface area contributed by atoms with Gasteiger partial charge in [-0.3, -0.25) is 0 Å². The van der Waals surface area contributed by atoms with Gasteiger partial charge < -0.3 is 10.1 Å². The molecule has 0 amide bonds. The fourth-order valence-electron chi connectivity index (χ4n) is 2.31. The van der Waals surface area contributed by atoms with Gasteiger partial charge in [-0.25, -0.2) is 4.68 Å². The maximum Gasteiger partial charge on any atom is 0.209 e. The van der Waals surface area contributed by atoms with Crippen molar-refractivity contribution in [3.8, 4) is 5.75 Å². The average Bonchev–Trinajstić information content (AvgIpc) is 3.06.